The zero-order valence-electron chi connectivity index (χ0n) is 13.0. The number of aromatic nitrogens is 3. The number of benzene rings is 1. The minimum atomic E-state index is -0.535. The minimum absolute atomic E-state index is 0.272. The Balaban J connectivity index is 2.50. The zero-order chi connectivity index (χ0) is 16.8. The number of hydrogen-bond donors (Lipinski definition) is 0. The molecule has 0 radical (unpaired) electrons. The number of hydrogen-bond acceptors (Lipinski definition) is 8. The molecule has 1 heterocycles. The van der Waals surface area contributed by atoms with E-state index in [0.717, 1.165) is 10.1 Å². The standard InChI is InChI=1S/C12H16N5O6/c1-19-16(20-2)12(17(21-3)22-4)23-15-11(18)9-7-5-6-8-10(9)13-14-15/h5-8H,1-4H3/q+1. The summed E-state index contributed by atoms with van der Waals surface area (Å²) >= 11 is 0. The molecule has 0 atom stereocenters. The van der Waals surface area contributed by atoms with Gasteiger partial charge in [0.05, 0.1) is 24.8 Å². The summed E-state index contributed by atoms with van der Waals surface area (Å²) < 4.78 is 0. The highest BCUT2D eigenvalue weighted by Gasteiger charge is 2.34. The summed E-state index contributed by atoms with van der Waals surface area (Å²) in [6.07, 6.45) is 0. The van der Waals surface area contributed by atoms with E-state index >= 15 is 0 Å². The molecule has 0 aliphatic rings. The molecule has 11 heteroatoms. The maximum Gasteiger partial charge on any atom is 0.619 e. The van der Waals surface area contributed by atoms with Gasteiger partial charge in [-0.25, -0.2) is 0 Å². The molecule has 0 aliphatic heterocycles. The monoisotopic (exact) mass is 326 g/mol. The van der Waals surface area contributed by atoms with Crippen LogP contribution in [0.5, 0.6) is 0 Å². The third kappa shape index (κ3) is 3.30. The fourth-order valence-corrected chi connectivity index (χ4v) is 1.71. The first kappa shape index (κ1) is 16.5. The Hall–Kier alpha value is -2.92. The van der Waals surface area contributed by atoms with Crippen LogP contribution < -0.4 is 10.4 Å². The highest BCUT2D eigenvalue weighted by atomic mass is 17.0. The van der Waals surface area contributed by atoms with Crippen LogP contribution >= 0.6 is 0 Å². The molecule has 0 bridgehead atoms. The van der Waals surface area contributed by atoms with E-state index in [2.05, 4.69) is 10.3 Å². The first-order chi connectivity index (χ1) is 11.2. The molecule has 0 aliphatic carbocycles. The number of fused-ring (bicyclic) bond motifs is 1. The van der Waals surface area contributed by atoms with Crippen LogP contribution in [0.15, 0.2) is 29.1 Å². The second-order valence-corrected chi connectivity index (χ2v) is 3.90. The van der Waals surface area contributed by atoms with Crippen LogP contribution in [0.3, 0.4) is 0 Å². The second kappa shape index (κ2) is 7.38. The fourth-order valence-electron chi connectivity index (χ4n) is 1.71. The maximum atomic E-state index is 12.4. The summed E-state index contributed by atoms with van der Waals surface area (Å²) in [7, 11) is 5.24. The second-order valence-electron chi connectivity index (χ2n) is 3.90. The van der Waals surface area contributed by atoms with Crippen LogP contribution in [0.25, 0.3) is 10.9 Å². The molecule has 0 spiro atoms. The van der Waals surface area contributed by atoms with Gasteiger partial charge in [-0.2, -0.15) is 9.68 Å². The van der Waals surface area contributed by atoms with Gasteiger partial charge in [0.25, 0.3) is 0 Å². The maximum absolute atomic E-state index is 12.4. The van der Waals surface area contributed by atoms with Crippen molar-refractivity contribution >= 4 is 16.9 Å². The molecule has 0 amide bonds. The molecule has 1 aromatic heterocycles. The molecule has 1 aromatic carbocycles. The Kier molecular flexibility index (Phi) is 5.28. The molecule has 0 saturated heterocycles. The molecule has 0 saturated carbocycles. The van der Waals surface area contributed by atoms with E-state index in [4.69, 9.17) is 24.2 Å². The number of rotatable bonds is 5. The highest BCUT2D eigenvalue weighted by Crippen LogP contribution is 2.03. The molecule has 0 fully saturated rings. The van der Waals surface area contributed by atoms with Crippen molar-refractivity contribution < 1.29 is 29.1 Å². The number of hydroxylamine groups is 2. The average Bonchev–Trinajstić information content (AvgIpc) is 2.59. The summed E-state index contributed by atoms with van der Waals surface area (Å²) in [6, 6.07) is 6.43. The molecule has 2 rings (SSSR count). The summed E-state index contributed by atoms with van der Waals surface area (Å²) in [4.78, 5) is 38.9. The van der Waals surface area contributed by atoms with Gasteiger partial charge in [-0.3, -0.25) is 9.63 Å². The predicted molar refractivity (Wildman–Crippen MR) is 75.5 cm³/mol. The van der Waals surface area contributed by atoms with Crippen molar-refractivity contribution in [3.05, 3.63) is 34.6 Å². The first-order valence-corrected chi connectivity index (χ1v) is 6.33. The summed E-state index contributed by atoms with van der Waals surface area (Å²) in [5.74, 6) is 0. The topological polar surface area (TPSA) is 100 Å². The summed E-state index contributed by atoms with van der Waals surface area (Å²) in [5, 5.41) is 8.70. The van der Waals surface area contributed by atoms with Gasteiger partial charge in [-0.15, -0.1) is 5.10 Å². The molecular weight excluding hydrogens is 310 g/mol. The Morgan fingerprint density at radius 2 is 1.78 bits per heavy atom. The van der Waals surface area contributed by atoms with Gasteiger partial charge in [0.15, 0.2) is 4.90 Å². The normalized spacial score (nSPS) is 10.3. The minimum Gasteiger partial charge on any atom is -0.303 e. The number of nitrogens with zero attached hydrogens (tertiary/aromatic N) is 5. The van der Waals surface area contributed by atoms with Crippen LogP contribution in [0.1, 0.15) is 0 Å². The molecule has 11 nitrogen and oxygen atoms in total. The van der Waals surface area contributed by atoms with Crippen molar-refractivity contribution in [1.82, 2.24) is 20.4 Å². The van der Waals surface area contributed by atoms with E-state index in [1.807, 2.05) is 0 Å². The molecule has 0 unspecified atom stereocenters. The van der Waals surface area contributed by atoms with Crippen molar-refractivity contribution in [2.75, 3.05) is 28.4 Å². The third-order valence-corrected chi connectivity index (χ3v) is 2.69. The lowest BCUT2D eigenvalue weighted by Gasteiger charge is -2.11. The van der Waals surface area contributed by atoms with Gasteiger partial charge in [0.2, 0.25) is 0 Å². The van der Waals surface area contributed by atoms with E-state index in [-0.39, 0.29) is 6.02 Å². The van der Waals surface area contributed by atoms with Crippen molar-refractivity contribution in [1.29, 1.82) is 0 Å². The van der Waals surface area contributed by atoms with Gasteiger partial charge in [0.1, 0.15) is 19.7 Å². The van der Waals surface area contributed by atoms with Gasteiger partial charge >= 0.3 is 11.6 Å². The summed E-state index contributed by atoms with van der Waals surface area (Å²) in [6.45, 7) is 0. The van der Waals surface area contributed by atoms with Gasteiger partial charge in [-0.05, 0) is 22.2 Å². The Bertz CT molecular complexity index is 751. The molecule has 124 valence electrons. The van der Waals surface area contributed by atoms with Crippen molar-refractivity contribution in [2.24, 2.45) is 0 Å². The van der Waals surface area contributed by atoms with E-state index in [1.54, 1.807) is 24.3 Å². The van der Waals surface area contributed by atoms with Crippen molar-refractivity contribution in [3.63, 3.8) is 0 Å². The Morgan fingerprint density at radius 1 is 1.13 bits per heavy atom. The lowest BCUT2D eigenvalue weighted by molar-refractivity contribution is -0.965. The largest absolute Gasteiger partial charge is 0.619 e. The van der Waals surface area contributed by atoms with Crippen LogP contribution in [0.4, 0.5) is 0 Å². The van der Waals surface area contributed by atoms with E-state index in [1.165, 1.54) is 28.4 Å². The van der Waals surface area contributed by atoms with E-state index in [9.17, 15) is 4.79 Å². The van der Waals surface area contributed by atoms with E-state index in [0.29, 0.717) is 15.7 Å². The van der Waals surface area contributed by atoms with Gasteiger partial charge < -0.3 is 9.68 Å². The quantitative estimate of drug-likeness (QED) is 0.394. The molecule has 2 aromatic rings. The van der Waals surface area contributed by atoms with Crippen LogP contribution in [-0.2, 0) is 19.4 Å². The average molecular weight is 326 g/mol. The van der Waals surface area contributed by atoms with Gasteiger partial charge in [0, 0.05) is 0 Å². The van der Waals surface area contributed by atoms with Gasteiger partial charge in [-0.1, -0.05) is 12.1 Å². The van der Waals surface area contributed by atoms with Crippen molar-refractivity contribution in [3.8, 4) is 0 Å². The fraction of sp³-hybridized carbons (Fsp3) is 0.333. The van der Waals surface area contributed by atoms with Crippen LogP contribution in [-0.4, -0.2) is 59.7 Å². The highest BCUT2D eigenvalue weighted by molar-refractivity contribution is 5.76. The third-order valence-electron chi connectivity index (χ3n) is 2.69. The first-order valence-electron chi connectivity index (χ1n) is 6.33. The Morgan fingerprint density at radius 3 is 2.39 bits per heavy atom. The Labute approximate surface area is 130 Å². The van der Waals surface area contributed by atoms with E-state index < -0.39 is 5.56 Å². The molecular formula is C12H16N5O6+. The van der Waals surface area contributed by atoms with Crippen molar-refractivity contribution in [2.45, 2.75) is 0 Å². The van der Waals surface area contributed by atoms with Crippen LogP contribution in [0.2, 0.25) is 0 Å². The van der Waals surface area contributed by atoms with Crippen LogP contribution in [0, 0.1) is 0 Å². The predicted octanol–water partition coefficient (Wildman–Crippen LogP) is -0.864. The smallest absolute Gasteiger partial charge is 0.303 e. The lowest BCUT2D eigenvalue weighted by Crippen LogP contribution is -2.46. The molecule has 23 heavy (non-hydrogen) atoms. The molecule has 0 N–H and O–H groups in total. The zero-order valence-corrected chi connectivity index (χ0v) is 13.0. The SMILES string of the molecule is CON(OC)C(On1nnc2ccccc2c1=O)=[N+](OC)OC. The summed E-state index contributed by atoms with van der Waals surface area (Å²) in [5.41, 5.74) is -0.100. The number of amidine groups is 1. The lowest BCUT2D eigenvalue weighted by atomic mass is 10.2.